The Morgan fingerprint density at radius 2 is 1.79 bits per heavy atom. The van der Waals surface area contributed by atoms with Crippen LogP contribution in [-0.4, -0.2) is 45.0 Å². The number of aryl methyl sites for hydroxylation is 1. The lowest BCUT2D eigenvalue weighted by Gasteiger charge is -2.59. The molecule has 1 aliphatic heterocycles. The summed E-state index contributed by atoms with van der Waals surface area (Å²) in [6.45, 7) is 4.26. The van der Waals surface area contributed by atoms with Gasteiger partial charge in [-0.05, 0) is 25.5 Å². The van der Waals surface area contributed by atoms with Crippen LogP contribution >= 0.6 is 0 Å². The van der Waals surface area contributed by atoms with Crippen LogP contribution in [0.25, 0.3) is 0 Å². The molecule has 1 saturated carbocycles. The molecule has 2 atom stereocenters. The molecule has 1 saturated heterocycles. The quantitative estimate of drug-likeness (QED) is 0.779. The number of benzene rings is 1. The lowest BCUT2D eigenvalue weighted by molar-refractivity contribution is -0.314. The van der Waals surface area contributed by atoms with Gasteiger partial charge >= 0.3 is 0 Å². The Kier molecular flexibility index (Phi) is 2.97. The van der Waals surface area contributed by atoms with Crippen LogP contribution in [0, 0.1) is 12.8 Å². The fraction of sp³-hybridized carbons (Fsp3) is 0.625. The molecular weight excluding hydrogens is 238 g/mol. The first-order valence-corrected chi connectivity index (χ1v) is 6.94. The topological polar surface area (TPSA) is 21.7 Å². The smallest absolute Gasteiger partial charge is 0.179 e. The van der Waals surface area contributed by atoms with E-state index in [1.54, 1.807) is 14.2 Å². The second-order valence-electron chi connectivity index (χ2n) is 6.10. The zero-order valence-corrected chi connectivity index (χ0v) is 12.3. The van der Waals surface area contributed by atoms with Gasteiger partial charge in [0.1, 0.15) is 0 Å². The number of methoxy groups -OCH3 is 2. The van der Waals surface area contributed by atoms with Crippen molar-refractivity contribution in [3.8, 4) is 0 Å². The molecule has 1 heterocycles. The van der Waals surface area contributed by atoms with Gasteiger partial charge in [0.15, 0.2) is 5.79 Å². The van der Waals surface area contributed by atoms with Gasteiger partial charge in [-0.15, -0.1) is 0 Å². The number of hydrogen-bond donors (Lipinski definition) is 0. The second-order valence-corrected chi connectivity index (χ2v) is 6.10. The Morgan fingerprint density at radius 1 is 1.16 bits per heavy atom. The molecule has 0 bridgehead atoms. The maximum Gasteiger partial charge on any atom is 0.179 e. The van der Waals surface area contributed by atoms with E-state index in [2.05, 4.69) is 43.1 Å². The fourth-order valence-corrected chi connectivity index (χ4v) is 4.21. The second kappa shape index (κ2) is 4.30. The molecule has 0 amide bonds. The molecule has 3 nitrogen and oxygen atoms in total. The van der Waals surface area contributed by atoms with E-state index in [-0.39, 0.29) is 5.41 Å². The van der Waals surface area contributed by atoms with Crippen molar-refractivity contribution in [2.75, 3.05) is 34.4 Å². The summed E-state index contributed by atoms with van der Waals surface area (Å²) in [5.41, 5.74) is 2.63. The first kappa shape index (κ1) is 13.1. The predicted octanol–water partition coefficient (Wildman–Crippen LogP) is 2.19. The SMILES string of the molecule is COC1(OC)C[C@H]2CN(C)C[C@]21c1ccc(C)cc1. The van der Waals surface area contributed by atoms with Crippen LogP contribution < -0.4 is 0 Å². The van der Waals surface area contributed by atoms with Crippen LogP contribution in [0.15, 0.2) is 24.3 Å². The van der Waals surface area contributed by atoms with E-state index >= 15 is 0 Å². The molecule has 0 spiro atoms. The van der Waals surface area contributed by atoms with Crippen molar-refractivity contribution in [1.29, 1.82) is 0 Å². The predicted molar refractivity (Wildman–Crippen MR) is 75.2 cm³/mol. The summed E-state index contributed by atoms with van der Waals surface area (Å²) >= 11 is 0. The highest BCUT2D eigenvalue weighted by atomic mass is 16.7. The molecule has 0 aromatic heterocycles. The Bertz CT molecular complexity index is 466. The van der Waals surface area contributed by atoms with Crippen LogP contribution in [0.2, 0.25) is 0 Å². The number of likely N-dealkylation sites (tertiary alicyclic amines) is 1. The van der Waals surface area contributed by atoms with Crippen molar-refractivity contribution < 1.29 is 9.47 Å². The lowest BCUT2D eigenvalue weighted by atomic mass is 9.53. The van der Waals surface area contributed by atoms with Crippen molar-refractivity contribution in [3.63, 3.8) is 0 Å². The molecule has 104 valence electrons. The molecule has 19 heavy (non-hydrogen) atoms. The van der Waals surface area contributed by atoms with Crippen LogP contribution in [0.3, 0.4) is 0 Å². The van der Waals surface area contributed by atoms with E-state index in [0.717, 1.165) is 19.5 Å². The molecule has 2 aliphatic rings. The first-order chi connectivity index (χ1) is 9.08. The molecule has 1 aromatic rings. The molecule has 0 N–H and O–H groups in total. The molecule has 3 heteroatoms. The number of rotatable bonds is 3. The Labute approximate surface area is 115 Å². The monoisotopic (exact) mass is 261 g/mol. The highest BCUT2D eigenvalue weighted by Crippen LogP contribution is 2.61. The first-order valence-electron chi connectivity index (χ1n) is 6.94. The Morgan fingerprint density at radius 3 is 2.32 bits per heavy atom. The summed E-state index contributed by atoms with van der Waals surface area (Å²) in [6.07, 6.45) is 0.984. The zero-order chi connectivity index (χ0) is 13.7. The van der Waals surface area contributed by atoms with E-state index in [1.165, 1.54) is 11.1 Å². The Hall–Kier alpha value is -0.900. The summed E-state index contributed by atoms with van der Waals surface area (Å²) in [5.74, 6) is 0.164. The average molecular weight is 261 g/mol. The van der Waals surface area contributed by atoms with Gasteiger partial charge in [0, 0.05) is 33.7 Å². The van der Waals surface area contributed by atoms with Crippen LogP contribution in [0.1, 0.15) is 17.5 Å². The zero-order valence-electron chi connectivity index (χ0n) is 12.3. The Balaban J connectivity index is 2.08. The van der Waals surface area contributed by atoms with Gasteiger partial charge in [0.25, 0.3) is 0 Å². The summed E-state index contributed by atoms with van der Waals surface area (Å²) in [4.78, 5) is 2.39. The van der Waals surface area contributed by atoms with E-state index in [1.807, 2.05) is 0 Å². The van der Waals surface area contributed by atoms with Gasteiger partial charge in [0.05, 0.1) is 5.41 Å². The third-order valence-electron chi connectivity index (χ3n) is 5.17. The van der Waals surface area contributed by atoms with Crippen molar-refractivity contribution in [2.45, 2.75) is 24.5 Å². The third-order valence-corrected chi connectivity index (χ3v) is 5.17. The number of ether oxygens (including phenoxy) is 2. The number of nitrogens with zero attached hydrogens (tertiary/aromatic N) is 1. The number of likely N-dealkylation sites (N-methyl/N-ethyl adjacent to an activating group) is 1. The van der Waals surface area contributed by atoms with Crippen LogP contribution in [0.5, 0.6) is 0 Å². The van der Waals surface area contributed by atoms with Crippen molar-refractivity contribution >= 4 is 0 Å². The molecule has 1 aliphatic carbocycles. The maximum absolute atomic E-state index is 5.82. The summed E-state index contributed by atoms with van der Waals surface area (Å²) in [7, 11) is 5.73. The molecule has 2 fully saturated rings. The minimum Gasteiger partial charge on any atom is -0.352 e. The summed E-state index contributed by atoms with van der Waals surface area (Å²) in [5, 5.41) is 0. The molecular formula is C16H23NO2. The third kappa shape index (κ3) is 1.55. The van der Waals surface area contributed by atoms with E-state index < -0.39 is 5.79 Å². The minimum absolute atomic E-state index is 0.0149. The van der Waals surface area contributed by atoms with E-state index in [0.29, 0.717) is 5.92 Å². The molecule has 0 radical (unpaired) electrons. The van der Waals surface area contributed by atoms with E-state index in [4.69, 9.17) is 9.47 Å². The van der Waals surface area contributed by atoms with Crippen LogP contribution in [0.4, 0.5) is 0 Å². The van der Waals surface area contributed by atoms with Crippen molar-refractivity contribution in [3.05, 3.63) is 35.4 Å². The number of hydrogen-bond acceptors (Lipinski definition) is 3. The molecule has 1 aromatic carbocycles. The van der Waals surface area contributed by atoms with Gasteiger partial charge in [-0.25, -0.2) is 0 Å². The fourth-order valence-electron chi connectivity index (χ4n) is 4.21. The highest BCUT2D eigenvalue weighted by Gasteiger charge is 2.70. The maximum atomic E-state index is 5.82. The molecule has 0 unspecified atom stereocenters. The van der Waals surface area contributed by atoms with Crippen molar-refractivity contribution in [1.82, 2.24) is 4.90 Å². The van der Waals surface area contributed by atoms with Gasteiger partial charge in [-0.2, -0.15) is 0 Å². The highest BCUT2D eigenvalue weighted by molar-refractivity contribution is 5.39. The largest absolute Gasteiger partial charge is 0.352 e. The van der Waals surface area contributed by atoms with Gasteiger partial charge in [-0.3, -0.25) is 0 Å². The van der Waals surface area contributed by atoms with Gasteiger partial charge in [-0.1, -0.05) is 29.8 Å². The molecule has 3 rings (SSSR count). The lowest BCUT2D eigenvalue weighted by Crippen LogP contribution is -2.68. The normalized spacial score (nSPS) is 32.9. The van der Waals surface area contributed by atoms with Crippen molar-refractivity contribution in [2.24, 2.45) is 5.92 Å². The van der Waals surface area contributed by atoms with Gasteiger partial charge < -0.3 is 14.4 Å². The standard InChI is InChI=1S/C16H23NO2/c1-12-5-7-13(8-6-12)15-11-17(2)10-14(15)9-16(15,18-3)19-4/h5-8,14H,9-11H2,1-4H3/t14-,15-/m0/s1. The summed E-state index contributed by atoms with van der Waals surface area (Å²) in [6, 6.07) is 8.86. The summed E-state index contributed by atoms with van der Waals surface area (Å²) < 4.78 is 11.6. The van der Waals surface area contributed by atoms with Crippen LogP contribution in [-0.2, 0) is 14.9 Å². The number of fused-ring (bicyclic) bond motifs is 1. The average Bonchev–Trinajstić information content (AvgIpc) is 2.67. The minimum atomic E-state index is -0.461. The van der Waals surface area contributed by atoms with Gasteiger partial charge in [0.2, 0.25) is 0 Å². The van der Waals surface area contributed by atoms with E-state index in [9.17, 15) is 0 Å².